The molecule has 0 aliphatic heterocycles. The fourth-order valence-electron chi connectivity index (χ4n) is 8.53. The molecule has 0 radical (unpaired) electrons. The van der Waals surface area contributed by atoms with Crippen molar-refractivity contribution in [2.24, 2.45) is 40.4 Å². The summed E-state index contributed by atoms with van der Waals surface area (Å²) in [6.45, 7) is 6.58. The summed E-state index contributed by atoms with van der Waals surface area (Å²) in [6.07, 6.45) is 9.93. The predicted molar refractivity (Wildman–Crippen MR) is 136 cm³/mol. The van der Waals surface area contributed by atoms with Gasteiger partial charge in [-0.15, -0.1) is 0 Å². The van der Waals surface area contributed by atoms with Crippen molar-refractivity contribution in [3.05, 3.63) is 54.3 Å². The number of ether oxygens (including phenoxy) is 1. The molecular weight excluding hydrogens is 452 g/mol. The van der Waals surface area contributed by atoms with Crippen LogP contribution in [0.15, 0.2) is 54.3 Å². The van der Waals surface area contributed by atoms with E-state index in [9.17, 15) is 14.7 Å². The van der Waals surface area contributed by atoms with Gasteiger partial charge in [0, 0.05) is 17.3 Å². The summed E-state index contributed by atoms with van der Waals surface area (Å²) in [7, 11) is 0. The van der Waals surface area contributed by atoms with Crippen LogP contribution in [0.25, 0.3) is 11.0 Å². The van der Waals surface area contributed by atoms with Gasteiger partial charge < -0.3 is 9.84 Å². The summed E-state index contributed by atoms with van der Waals surface area (Å²) in [5.41, 5.74) is 2.12. The summed E-state index contributed by atoms with van der Waals surface area (Å²) in [5, 5.41) is 11.6. The van der Waals surface area contributed by atoms with Crippen LogP contribution in [-0.4, -0.2) is 39.4 Å². The van der Waals surface area contributed by atoms with E-state index < -0.39 is 6.10 Å². The average Bonchev–Trinajstić information content (AvgIpc) is 3.20. The molecule has 2 aromatic rings. The largest absolute Gasteiger partial charge is 0.469 e. The quantitative estimate of drug-likeness (QED) is 0.673. The molecule has 36 heavy (non-hydrogen) atoms. The Kier molecular flexibility index (Phi) is 5.45. The van der Waals surface area contributed by atoms with Crippen molar-refractivity contribution in [1.29, 1.82) is 0 Å². The van der Waals surface area contributed by atoms with Crippen molar-refractivity contribution >= 4 is 22.6 Å². The van der Waals surface area contributed by atoms with Gasteiger partial charge in [-0.1, -0.05) is 44.6 Å². The number of aromatic nitrogens is 2. The second kappa shape index (κ2) is 8.34. The zero-order valence-electron chi connectivity index (χ0n) is 21.2. The molecule has 8 atom stereocenters. The molecule has 3 fully saturated rings. The van der Waals surface area contributed by atoms with Crippen molar-refractivity contribution in [3.8, 4) is 5.88 Å². The topological polar surface area (TPSA) is 89.4 Å². The van der Waals surface area contributed by atoms with E-state index in [0.717, 1.165) is 35.9 Å². The molecular formula is C30H34N2O4. The maximum Gasteiger partial charge on any atom is 0.233 e. The molecule has 0 amide bonds. The number of fused-ring (bicyclic) bond motifs is 6. The predicted octanol–water partition coefficient (Wildman–Crippen LogP) is 4.72. The van der Waals surface area contributed by atoms with Crippen LogP contribution in [0.4, 0.5) is 0 Å². The lowest BCUT2D eigenvalue weighted by atomic mass is 9.45. The van der Waals surface area contributed by atoms with Crippen molar-refractivity contribution < 1.29 is 19.4 Å². The van der Waals surface area contributed by atoms with Gasteiger partial charge in [0.05, 0.1) is 23.3 Å². The lowest BCUT2D eigenvalue weighted by molar-refractivity contribution is -0.142. The molecule has 0 bridgehead atoms. The second-order valence-electron chi connectivity index (χ2n) is 11.9. The van der Waals surface area contributed by atoms with E-state index in [4.69, 9.17) is 4.74 Å². The first kappa shape index (κ1) is 23.5. The van der Waals surface area contributed by atoms with Crippen LogP contribution >= 0.6 is 0 Å². The van der Waals surface area contributed by atoms with Crippen molar-refractivity contribution in [1.82, 2.24) is 9.97 Å². The number of carbonyl (C=O) groups excluding carboxylic acids is 2. The molecule has 188 valence electrons. The highest BCUT2D eigenvalue weighted by molar-refractivity contribution is 6.01. The van der Waals surface area contributed by atoms with Gasteiger partial charge in [0.25, 0.3) is 0 Å². The lowest BCUT2D eigenvalue weighted by Gasteiger charge is -2.60. The third kappa shape index (κ3) is 3.48. The van der Waals surface area contributed by atoms with E-state index in [1.807, 2.05) is 30.3 Å². The van der Waals surface area contributed by atoms with E-state index >= 15 is 0 Å². The first-order valence-corrected chi connectivity index (χ1v) is 13.2. The lowest BCUT2D eigenvalue weighted by Crippen LogP contribution is -2.57. The molecule has 0 spiro atoms. The van der Waals surface area contributed by atoms with Crippen molar-refractivity contribution in [2.75, 3.05) is 6.61 Å². The number of carbonyl (C=O) groups is 2. The van der Waals surface area contributed by atoms with Crippen LogP contribution in [0.2, 0.25) is 0 Å². The highest BCUT2D eigenvalue weighted by Gasteiger charge is 2.63. The van der Waals surface area contributed by atoms with Gasteiger partial charge in [-0.05, 0) is 73.1 Å². The average molecular weight is 487 g/mol. The van der Waals surface area contributed by atoms with Crippen LogP contribution in [-0.2, 0) is 9.59 Å². The van der Waals surface area contributed by atoms with E-state index in [0.29, 0.717) is 24.1 Å². The number of aliphatic hydroxyl groups excluding tert-OH is 1. The first-order chi connectivity index (χ1) is 17.2. The Bertz CT molecular complexity index is 1300. The van der Waals surface area contributed by atoms with Gasteiger partial charge in [0.1, 0.15) is 6.61 Å². The number of allylic oxidation sites excluding steroid dienone is 4. The number of aliphatic hydroxyl groups is 1. The summed E-state index contributed by atoms with van der Waals surface area (Å²) in [5.74, 6) is 1.38. The van der Waals surface area contributed by atoms with Gasteiger partial charge in [0.2, 0.25) is 5.88 Å². The summed E-state index contributed by atoms with van der Waals surface area (Å²) in [4.78, 5) is 34.5. The SMILES string of the molecule is C[C@H]1CC2C([C@@H](O)CC3(C)C(C(=O)COc4cnc5ccccc5n4)CCC23)C2(C)C=CC(=O)C=C12. The van der Waals surface area contributed by atoms with E-state index in [1.54, 1.807) is 18.3 Å². The highest BCUT2D eigenvalue weighted by Crippen LogP contribution is 2.66. The summed E-state index contributed by atoms with van der Waals surface area (Å²) in [6, 6.07) is 7.59. The normalized spacial score (nSPS) is 39.2. The molecule has 6 heteroatoms. The van der Waals surface area contributed by atoms with Gasteiger partial charge >= 0.3 is 0 Å². The highest BCUT2D eigenvalue weighted by atomic mass is 16.5. The third-order valence-corrected chi connectivity index (χ3v) is 9.99. The van der Waals surface area contributed by atoms with Crippen molar-refractivity contribution in [2.45, 2.75) is 52.6 Å². The van der Waals surface area contributed by atoms with Crippen LogP contribution in [0, 0.1) is 40.4 Å². The minimum atomic E-state index is -0.518. The minimum absolute atomic E-state index is 0.0317. The zero-order chi connectivity index (χ0) is 25.2. The first-order valence-electron chi connectivity index (χ1n) is 13.2. The van der Waals surface area contributed by atoms with Crippen LogP contribution in [0.3, 0.4) is 0 Å². The number of nitrogens with zero attached hydrogens (tertiary/aromatic N) is 2. The molecule has 4 aliphatic rings. The number of hydrogen-bond acceptors (Lipinski definition) is 6. The van der Waals surface area contributed by atoms with Crippen LogP contribution < -0.4 is 4.74 Å². The van der Waals surface area contributed by atoms with Gasteiger partial charge in [-0.25, -0.2) is 9.97 Å². The summed E-state index contributed by atoms with van der Waals surface area (Å²) < 4.78 is 5.83. The standard InChI is InChI=1S/C30H34N2O4/c1-17-12-19-20-8-9-21(26(35)16-36-27-15-31-23-6-4-5-7-24(23)32-27)30(20,3)14-25(34)28(19)29(2)11-10-18(33)13-22(17)29/h4-7,10-11,13,15,17,19-21,25,28,34H,8-9,12,14,16H2,1-3H3/t17-,19?,20?,21?,25-,28?,29?,30?/m0/s1. The molecule has 6 nitrogen and oxygen atoms in total. The molecule has 6 unspecified atom stereocenters. The molecule has 1 heterocycles. The van der Waals surface area contributed by atoms with Gasteiger partial charge in [0.15, 0.2) is 11.6 Å². The number of Topliss-reactive ketones (excluding diaryl/α,β-unsaturated/α-hetero) is 1. The maximum atomic E-state index is 13.5. The smallest absolute Gasteiger partial charge is 0.233 e. The molecule has 4 aliphatic carbocycles. The number of para-hydroxylation sites is 2. The zero-order valence-corrected chi connectivity index (χ0v) is 21.2. The number of rotatable bonds is 4. The minimum Gasteiger partial charge on any atom is -0.469 e. The Morgan fingerprint density at radius 2 is 1.97 bits per heavy atom. The number of ketones is 2. The summed E-state index contributed by atoms with van der Waals surface area (Å²) >= 11 is 0. The van der Waals surface area contributed by atoms with Crippen LogP contribution in [0.5, 0.6) is 5.88 Å². The number of benzene rings is 1. The Hall–Kier alpha value is -2.86. The van der Waals surface area contributed by atoms with E-state index in [1.165, 1.54) is 0 Å². The monoisotopic (exact) mass is 486 g/mol. The molecule has 1 aromatic heterocycles. The Morgan fingerprint density at radius 1 is 1.19 bits per heavy atom. The van der Waals surface area contributed by atoms with Crippen molar-refractivity contribution in [3.63, 3.8) is 0 Å². The maximum absolute atomic E-state index is 13.5. The fraction of sp³-hybridized carbons (Fsp3) is 0.533. The van der Waals surface area contributed by atoms with E-state index in [2.05, 4.69) is 30.7 Å². The third-order valence-electron chi connectivity index (χ3n) is 9.99. The second-order valence-corrected chi connectivity index (χ2v) is 11.9. The van der Waals surface area contributed by atoms with Crippen LogP contribution in [0.1, 0.15) is 46.5 Å². The number of hydrogen-bond donors (Lipinski definition) is 1. The molecule has 1 N–H and O–H groups in total. The van der Waals surface area contributed by atoms with Gasteiger partial charge in [-0.2, -0.15) is 0 Å². The molecule has 3 saturated carbocycles. The Balaban J connectivity index is 1.22. The Morgan fingerprint density at radius 3 is 2.78 bits per heavy atom. The molecule has 6 rings (SSSR count). The fourth-order valence-corrected chi connectivity index (χ4v) is 8.53. The van der Waals surface area contributed by atoms with Gasteiger partial charge in [-0.3, -0.25) is 9.59 Å². The Labute approximate surface area is 211 Å². The van der Waals surface area contributed by atoms with E-state index in [-0.39, 0.29) is 46.8 Å². The molecule has 1 aromatic carbocycles. The molecule has 0 saturated heterocycles.